The molecule has 0 bridgehead atoms. The van der Waals surface area contributed by atoms with E-state index in [1.54, 1.807) is 12.3 Å². The van der Waals surface area contributed by atoms with Gasteiger partial charge in [-0.15, -0.1) is 0 Å². The van der Waals surface area contributed by atoms with Gasteiger partial charge in [0.1, 0.15) is 0 Å². The van der Waals surface area contributed by atoms with Crippen molar-refractivity contribution in [3.8, 4) is 0 Å². The second-order valence-corrected chi connectivity index (χ2v) is 4.17. The lowest BCUT2D eigenvalue weighted by atomic mass is 10.0. The fourth-order valence-electron chi connectivity index (χ4n) is 2.29. The van der Waals surface area contributed by atoms with E-state index in [0.717, 1.165) is 16.5 Å². The Kier molecular flexibility index (Phi) is 1.67. The summed E-state index contributed by atoms with van der Waals surface area (Å²) in [6.07, 6.45) is 3.57. The summed E-state index contributed by atoms with van der Waals surface area (Å²) in [6.45, 7) is 0. The molecule has 0 spiro atoms. The number of rotatable bonds is 0. The van der Waals surface area contributed by atoms with Crippen LogP contribution in [0.4, 0.5) is 5.69 Å². The molecule has 0 N–H and O–H groups in total. The van der Waals surface area contributed by atoms with Crippen LogP contribution >= 0.6 is 0 Å². The first-order valence-electron chi connectivity index (χ1n) is 5.61. The molecule has 18 heavy (non-hydrogen) atoms. The molecule has 0 saturated heterocycles. The average molecular weight is 233 g/mol. The van der Waals surface area contributed by atoms with Crippen LogP contribution in [0.25, 0.3) is 6.08 Å². The van der Waals surface area contributed by atoms with Crippen molar-refractivity contribution in [2.24, 2.45) is 9.98 Å². The van der Waals surface area contributed by atoms with Crippen LogP contribution in [0, 0.1) is 0 Å². The molecule has 4 rings (SSSR count). The molecule has 1 aromatic heterocycles. The smallest absolute Gasteiger partial charge is 0.267 e. The fraction of sp³-hybridized carbons (Fsp3) is 0. The molecule has 84 valence electrons. The molecule has 1 amide bonds. The number of hydrogen-bond acceptors (Lipinski definition) is 3. The summed E-state index contributed by atoms with van der Waals surface area (Å²) in [5.41, 5.74) is 3.54. The van der Waals surface area contributed by atoms with E-state index < -0.39 is 0 Å². The Morgan fingerprint density at radius 1 is 1.00 bits per heavy atom. The molecule has 3 heterocycles. The van der Waals surface area contributed by atoms with E-state index in [-0.39, 0.29) is 5.91 Å². The van der Waals surface area contributed by atoms with Crippen LogP contribution in [0.3, 0.4) is 0 Å². The van der Waals surface area contributed by atoms with Crippen molar-refractivity contribution in [2.75, 3.05) is 0 Å². The van der Waals surface area contributed by atoms with Crippen LogP contribution in [0.5, 0.6) is 0 Å². The minimum absolute atomic E-state index is 0.194. The van der Waals surface area contributed by atoms with E-state index in [1.807, 2.05) is 30.3 Å². The van der Waals surface area contributed by atoms with Crippen LogP contribution < -0.4 is 10.7 Å². The van der Waals surface area contributed by atoms with Crippen LogP contribution in [0.1, 0.15) is 15.9 Å². The molecule has 1 aromatic carbocycles. The van der Waals surface area contributed by atoms with Crippen molar-refractivity contribution >= 4 is 23.4 Å². The first-order chi connectivity index (χ1) is 8.83. The number of carbonyl (C=O) groups excluding carboxylic acids is 1. The molecule has 0 radical (unpaired) electrons. The molecule has 0 saturated carbocycles. The predicted octanol–water partition coefficient (Wildman–Crippen LogP) is 0.770. The summed E-state index contributed by atoms with van der Waals surface area (Å²) in [7, 11) is 0. The van der Waals surface area contributed by atoms with Gasteiger partial charge in [0, 0.05) is 17.0 Å². The van der Waals surface area contributed by atoms with Gasteiger partial charge in [0.25, 0.3) is 5.91 Å². The molecule has 0 atom stereocenters. The van der Waals surface area contributed by atoms with Gasteiger partial charge in [-0.3, -0.25) is 4.79 Å². The second-order valence-electron chi connectivity index (χ2n) is 4.17. The number of benzene rings is 1. The summed E-state index contributed by atoms with van der Waals surface area (Å²) in [5.74, 6) is -0.194. The number of aromatic nitrogens is 1. The highest BCUT2D eigenvalue weighted by Crippen LogP contribution is 2.29. The Hall–Kier alpha value is -2.62. The molecular weight excluding hydrogens is 226 g/mol. The minimum Gasteiger partial charge on any atom is -0.267 e. The SMILES string of the molecule is O=C1N=C2C=c3cccnc3=Nc3cccc1c32. The number of aliphatic imine (C=N–C) groups is 1. The molecular formula is C14H7N3O. The number of pyridine rings is 1. The van der Waals surface area contributed by atoms with Gasteiger partial charge in [-0.1, -0.05) is 6.07 Å². The Morgan fingerprint density at radius 3 is 2.89 bits per heavy atom. The maximum atomic E-state index is 11.8. The summed E-state index contributed by atoms with van der Waals surface area (Å²) in [5, 5.41) is 0.883. The summed E-state index contributed by atoms with van der Waals surface area (Å²) in [4.78, 5) is 24.6. The largest absolute Gasteiger partial charge is 0.278 e. The Morgan fingerprint density at radius 2 is 1.94 bits per heavy atom. The zero-order chi connectivity index (χ0) is 12.1. The summed E-state index contributed by atoms with van der Waals surface area (Å²) < 4.78 is 0. The predicted molar refractivity (Wildman–Crippen MR) is 66.5 cm³/mol. The van der Waals surface area contributed by atoms with E-state index in [1.165, 1.54) is 0 Å². The monoisotopic (exact) mass is 233 g/mol. The topological polar surface area (TPSA) is 54.7 Å². The lowest BCUT2D eigenvalue weighted by Gasteiger charge is -2.00. The molecule has 4 nitrogen and oxygen atoms in total. The van der Waals surface area contributed by atoms with Crippen molar-refractivity contribution in [1.29, 1.82) is 0 Å². The third-order valence-corrected chi connectivity index (χ3v) is 3.09. The maximum absolute atomic E-state index is 11.8. The lowest BCUT2D eigenvalue weighted by molar-refractivity contribution is 0.101. The molecule has 4 heteroatoms. The highest BCUT2D eigenvalue weighted by Gasteiger charge is 2.25. The van der Waals surface area contributed by atoms with Crippen molar-refractivity contribution in [1.82, 2.24) is 4.98 Å². The molecule has 0 fully saturated rings. The Labute approximate surface area is 102 Å². The second kappa shape index (κ2) is 3.20. The summed E-state index contributed by atoms with van der Waals surface area (Å²) in [6, 6.07) is 9.25. The number of nitrogens with zero attached hydrogens (tertiary/aromatic N) is 3. The molecule has 0 unspecified atom stereocenters. The number of carbonyl (C=O) groups is 1. The van der Waals surface area contributed by atoms with Crippen molar-refractivity contribution < 1.29 is 4.79 Å². The van der Waals surface area contributed by atoms with E-state index in [0.29, 0.717) is 16.8 Å². The number of amides is 1. The van der Waals surface area contributed by atoms with Gasteiger partial charge in [-0.25, -0.2) is 15.0 Å². The van der Waals surface area contributed by atoms with Gasteiger partial charge < -0.3 is 0 Å². The van der Waals surface area contributed by atoms with Crippen LogP contribution in [0.2, 0.25) is 0 Å². The highest BCUT2D eigenvalue weighted by atomic mass is 16.1. The third-order valence-electron chi connectivity index (χ3n) is 3.09. The van der Waals surface area contributed by atoms with E-state index >= 15 is 0 Å². The van der Waals surface area contributed by atoms with E-state index in [2.05, 4.69) is 15.0 Å². The van der Waals surface area contributed by atoms with Gasteiger partial charge in [-0.2, -0.15) is 0 Å². The van der Waals surface area contributed by atoms with Gasteiger partial charge in [0.05, 0.1) is 17.0 Å². The zero-order valence-corrected chi connectivity index (χ0v) is 9.29. The zero-order valence-electron chi connectivity index (χ0n) is 9.29. The maximum Gasteiger partial charge on any atom is 0.278 e. The third kappa shape index (κ3) is 1.14. The van der Waals surface area contributed by atoms with Crippen molar-refractivity contribution in [2.45, 2.75) is 0 Å². The van der Waals surface area contributed by atoms with E-state index in [9.17, 15) is 4.79 Å². The van der Waals surface area contributed by atoms with Crippen LogP contribution in [-0.4, -0.2) is 16.6 Å². The first kappa shape index (κ1) is 9.41. The van der Waals surface area contributed by atoms with E-state index in [4.69, 9.17) is 0 Å². The van der Waals surface area contributed by atoms with Crippen LogP contribution in [-0.2, 0) is 0 Å². The van der Waals surface area contributed by atoms with Gasteiger partial charge in [0.2, 0.25) is 0 Å². The number of hydrogen-bond donors (Lipinski definition) is 0. The minimum atomic E-state index is -0.194. The van der Waals surface area contributed by atoms with Gasteiger partial charge >= 0.3 is 0 Å². The van der Waals surface area contributed by atoms with Crippen LogP contribution in [0.15, 0.2) is 46.5 Å². The fourth-order valence-corrected chi connectivity index (χ4v) is 2.29. The Bertz CT molecular complexity index is 850. The molecule has 2 aromatic rings. The molecule has 2 aliphatic rings. The van der Waals surface area contributed by atoms with Gasteiger partial charge in [0.15, 0.2) is 5.49 Å². The lowest BCUT2D eigenvalue weighted by Crippen LogP contribution is -2.27. The number of fused-ring (bicyclic) bond motifs is 1. The van der Waals surface area contributed by atoms with Gasteiger partial charge in [-0.05, 0) is 30.3 Å². The molecule has 0 aliphatic carbocycles. The van der Waals surface area contributed by atoms with Crippen molar-refractivity contribution in [3.05, 3.63) is 58.4 Å². The quantitative estimate of drug-likeness (QED) is 0.675. The first-order valence-corrected chi connectivity index (χ1v) is 5.61. The normalized spacial score (nSPS) is 14.9. The average Bonchev–Trinajstić information content (AvgIpc) is 2.61. The summed E-state index contributed by atoms with van der Waals surface area (Å²) >= 11 is 0. The van der Waals surface area contributed by atoms with Crippen molar-refractivity contribution in [3.63, 3.8) is 0 Å². The standard InChI is InChI=1S/C14H7N3O/c18-14-9-4-1-5-10-12(9)11(17-14)7-8-3-2-6-15-13(8)16-10/h1-7H. The Balaban J connectivity index is 2.22. The highest BCUT2D eigenvalue weighted by molar-refractivity contribution is 6.34. The molecule has 2 aliphatic heterocycles.